The van der Waals surface area contributed by atoms with Crippen molar-refractivity contribution < 1.29 is 14.1 Å². The maximum atomic E-state index is 14.2. The molecule has 4 saturated carbocycles. The smallest absolute Gasteiger partial charge is 0.271 e. The maximum Gasteiger partial charge on any atom is 0.271 e. The molecule has 0 spiro atoms. The fraction of sp³-hybridized carbons (Fsp3) is 0.526. The minimum atomic E-state index is -0.688. The van der Waals surface area contributed by atoms with E-state index in [1.54, 1.807) is 6.33 Å². The third-order valence-electron chi connectivity index (χ3n) is 6.87. The van der Waals surface area contributed by atoms with Gasteiger partial charge in [0, 0.05) is 12.1 Å². The lowest BCUT2D eigenvalue weighted by atomic mass is 9.46. The molecule has 8 nitrogen and oxygen atoms in total. The molecular formula is C19H19ClFN5O3. The van der Waals surface area contributed by atoms with Crippen LogP contribution < -0.4 is 5.32 Å². The first-order valence-corrected chi connectivity index (χ1v) is 9.99. The van der Waals surface area contributed by atoms with Crippen LogP contribution in [0.4, 0.5) is 15.8 Å². The van der Waals surface area contributed by atoms with Gasteiger partial charge in [0.2, 0.25) is 11.2 Å². The van der Waals surface area contributed by atoms with Crippen LogP contribution in [0.5, 0.6) is 0 Å². The molecule has 2 aromatic rings. The van der Waals surface area contributed by atoms with Crippen LogP contribution in [0.25, 0.3) is 0 Å². The van der Waals surface area contributed by atoms with Crippen molar-refractivity contribution in [3.63, 3.8) is 0 Å². The van der Waals surface area contributed by atoms with E-state index >= 15 is 0 Å². The Morgan fingerprint density at radius 3 is 2.66 bits per heavy atom. The first kappa shape index (κ1) is 18.5. The van der Waals surface area contributed by atoms with Gasteiger partial charge in [-0.15, -0.1) is 5.10 Å². The molecule has 2 unspecified atom stereocenters. The molecule has 1 aromatic heterocycles. The van der Waals surface area contributed by atoms with E-state index in [0.717, 1.165) is 50.3 Å². The summed E-state index contributed by atoms with van der Waals surface area (Å²) in [6.07, 6.45) is 6.58. The van der Waals surface area contributed by atoms with Crippen molar-refractivity contribution >= 4 is 28.9 Å². The zero-order valence-electron chi connectivity index (χ0n) is 15.5. The lowest BCUT2D eigenvalue weighted by molar-refractivity contribution is -0.384. The zero-order valence-corrected chi connectivity index (χ0v) is 16.2. The highest BCUT2D eigenvalue weighted by Crippen LogP contribution is 2.64. The minimum absolute atomic E-state index is 0.155. The van der Waals surface area contributed by atoms with Crippen molar-refractivity contribution in [2.75, 3.05) is 5.32 Å². The Hall–Kier alpha value is -2.55. The first-order chi connectivity index (χ1) is 13.8. The van der Waals surface area contributed by atoms with Crippen molar-refractivity contribution in [3.8, 4) is 0 Å². The third-order valence-corrected chi connectivity index (χ3v) is 7.04. The molecule has 4 aliphatic carbocycles. The summed E-state index contributed by atoms with van der Waals surface area (Å²) in [6.45, 7) is 0. The summed E-state index contributed by atoms with van der Waals surface area (Å²) in [6, 6.07) is 3.16. The minimum Gasteiger partial charge on any atom is -0.323 e. The molecule has 2 atom stereocenters. The van der Waals surface area contributed by atoms with Crippen molar-refractivity contribution in [2.45, 2.75) is 44.1 Å². The van der Waals surface area contributed by atoms with Gasteiger partial charge < -0.3 is 5.32 Å². The number of halogens is 2. The van der Waals surface area contributed by atoms with Crippen LogP contribution in [-0.4, -0.2) is 25.6 Å². The third kappa shape index (κ3) is 2.90. The number of anilines is 1. The van der Waals surface area contributed by atoms with Crippen LogP contribution in [0, 0.1) is 33.2 Å². The zero-order chi connectivity index (χ0) is 20.4. The number of carbonyl (C=O) groups excluding carboxylic acids is 1. The number of nitro benzene ring substituents is 1. The first-order valence-electron chi connectivity index (χ1n) is 9.62. The van der Waals surface area contributed by atoms with E-state index in [2.05, 4.69) is 15.4 Å². The Bertz CT molecular complexity index is 1010. The number of benzene rings is 1. The van der Waals surface area contributed by atoms with E-state index in [0.29, 0.717) is 18.3 Å². The topological polar surface area (TPSA) is 103 Å². The molecule has 4 fully saturated rings. The van der Waals surface area contributed by atoms with Gasteiger partial charge >= 0.3 is 0 Å². The predicted molar refractivity (Wildman–Crippen MR) is 102 cm³/mol. The van der Waals surface area contributed by atoms with E-state index in [9.17, 15) is 19.3 Å². The molecule has 1 heterocycles. The number of non-ortho nitro benzene ring substituents is 1. The lowest BCUT2D eigenvalue weighted by Gasteiger charge is -2.60. The highest BCUT2D eigenvalue weighted by Gasteiger charge is 2.61. The SMILES string of the molecule is O=C(Nc1cc([N+](=O)[O-])ccc1F)C12CC3CC(C1)CC(n1cnc(Cl)n1)(C3)C2. The van der Waals surface area contributed by atoms with Gasteiger partial charge in [-0.25, -0.2) is 14.1 Å². The van der Waals surface area contributed by atoms with Crippen LogP contribution in [0.15, 0.2) is 24.5 Å². The van der Waals surface area contributed by atoms with Crippen LogP contribution in [-0.2, 0) is 10.3 Å². The number of nitrogens with one attached hydrogen (secondary N) is 1. The predicted octanol–water partition coefficient (Wildman–Crippen LogP) is 3.91. The van der Waals surface area contributed by atoms with Crippen LogP contribution in [0.2, 0.25) is 5.28 Å². The second kappa shape index (κ2) is 6.22. The number of nitro groups is 1. The Morgan fingerprint density at radius 2 is 2.03 bits per heavy atom. The van der Waals surface area contributed by atoms with Crippen LogP contribution in [0.1, 0.15) is 38.5 Å². The molecule has 1 N–H and O–H groups in total. The second-order valence-electron chi connectivity index (χ2n) is 8.80. The largest absolute Gasteiger partial charge is 0.323 e. The Morgan fingerprint density at radius 1 is 1.31 bits per heavy atom. The standard InChI is InChI=1S/C19H19ClFN5O3/c20-17-22-10-25(24-17)19-7-11-3-12(8-19)6-18(5-11,9-19)16(27)23-15-4-13(26(28)29)1-2-14(15)21/h1-2,4,10-12H,3,5-9H2,(H,23,27). The van der Waals surface area contributed by atoms with E-state index in [-0.39, 0.29) is 28.1 Å². The van der Waals surface area contributed by atoms with Crippen LogP contribution >= 0.6 is 11.6 Å². The average molecular weight is 420 g/mol. The molecule has 1 aromatic carbocycles. The number of rotatable bonds is 4. The van der Waals surface area contributed by atoms with Gasteiger partial charge in [-0.3, -0.25) is 14.9 Å². The summed E-state index contributed by atoms with van der Waals surface area (Å²) in [5, 5.41) is 18.2. The summed E-state index contributed by atoms with van der Waals surface area (Å²) in [5.74, 6) is -0.215. The van der Waals surface area contributed by atoms with Gasteiger partial charge in [0.05, 0.1) is 21.6 Å². The van der Waals surface area contributed by atoms with Gasteiger partial charge in [0.25, 0.3) is 5.69 Å². The number of hydrogen-bond acceptors (Lipinski definition) is 5. The Labute approximate surface area is 170 Å². The average Bonchev–Trinajstić information content (AvgIpc) is 3.09. The molecule has 0 radical (unpaired) electrons. The summed E-state index contributed by atoms with van der Waals surface area (Å²) in [4.78, 5) is 27.8. The van der Waals surface area contributed by atoms with Crippen molar-refractivity contribution in [1.82, 2.24) is 14.8 Å². The molecule has 0 aliphatic heterocycles. The van der Waals surface area contributed by atoms with E-state index in [1.165, 1.54) is 0 Å². The second-order valence-corrected chi connectivity index (χ2v) is 9.14. The molecule has 4 bridgehead atoms. The molecule has 1 amide bonds. The highest BCUT2D eigenvalue weighted by molar-refractivity contribution is 6.28. The van der Waals surface area contributed by atoms with Gasteiger partial charge in [-0.05, 0) is 68.0 Å². The molecule has 4 aliphatic rings. The van der Waals surface area contributed by atoms with E-state index in [4.69, 9.17) is 11.6 Å². The number of nitrogens with zero attached hydrogens (tertiary/aromatic N) is 4. The molecular weight excluding hydrogens is 401 g/mol. The number of aromatic nitrogens is 3. The normalized spacial score (nSPS) is 32.3. The van der Waals surface area contributed by atoms with E-state index in [1.807, 2.05) is 4.68 Å². The molecule has 152 valence electrons. The Kier molecular flexibility index (Phi) is 3.96. The van der Waals surface area contributed by atoms with E-state index < -0.39 is 16.2 Å². The summed E-state index contributed by atoms with van der Waals surface area (Å²) < 4.78 is 16.0. The Balaban J connectivity index is 1.47. The molecule has 0 saturated heterocycles. The van der Waals surface area contributed by atoms with Crippen LogP contribution in [0.3, 0.4) is 0 Å². The number of carbonyl (C=O) groups is 1. The van der Waals surface area contributed by atoms with Gasteiger partial charge in [0.1, 0.15) is 12.1 Å². The van der Waals surface area contributed by atoms with Gasteiger partial charge in [-0.2, -0.15) is 0 Å². The summed E-state index contributed by atoms with van der Waals surface area (Å²) >= 11 is 5.94. The number of amides is 1. The summed E-state index contributed by atoms with van der Waals surface area (Å²) in [5.41, 5.74) is -1.39. The fourth-order valence-corrected chi connectivity index (χ4v) is 6.32. The molecule has 6 rings (SSSR count). The van der Waals surface area contributed by atoms with Crippen molar-refractivity contribution in [3.05, 3.63) is 45.7 Å². The van der Waals surface area contributed by atoms with Crippen molar-refractivity contribution in [1.29, 1.82) is 0 Å². The van der Waals surface area contributed by atoms with Gasteiger partial charge in [0.15, 0.2) is 0 Å². The quantitative estimate of drug-likeness (QED) is 0.597. The fourth-order valence-electron chi connectivity index (χ4n) is 6.20. The lowest BCUT2D eigenvalue weighted by Crippen LogP contribution is -2.60. The maximum absolute atomic E-state index is 14.2. The molecule has 10 heteroatoms. The summed E-state index contributed by atoms with van der Waals surface area (Å²) in [7, 11) is 0. The van der Waals surface area contributed by atoms with Crippen molar-refractivity contribution in [2.24, 2.45) is 17.3 Å². The number of hydrogen-bond donors (Lipinski definition) is 1. The monoisotopic (exact) mass is 419 g/mol. The molecule has 29 heavy (non-hydrogen) atoms. The van der Waals surface area contributed by atoms with Gasteiger partial charge in [-0.1, -0.05) is 0 Å². The highest BCUT2D eigenvalue weighted by atomic mass is 35.5.